The Morgan fingerprint density at radius 1 is 1.15 bits per heavy atom. The number of urea groups is 1. The molecule has 1 fully saturated rings. The van der Waals surface area contributed by atoms with Gasteiger partial charge in [0, 0.05) is 10.6 Å². The molecular weight excluding hydrogens is 479 g/mol. The lowest BCUT2D eigenvalue weighted by Crippen LogP contribution is -2.41. The summed E-state index contributed by atoms with van der Waals surface area (Å²) in [5, 5.41) is 4.33. The first-order chi connectivity index (χ1) is 15.8. The highest BCUT2D eigenvalue weighted by molar-refractivity contribution is 6.30. The molecule has 0 saturated carbocycles. The average Bonchev–Trinajstić information content (AvgIpc) is 2.94. The molecule has 1 heterocycles. The number of hydrogen-bond acceptors (Lipinski definition) is 5. The van der Waals surface area contributed by atoms with Gasteiger partial charge >= 0.3 is 18.2 Å². The number of nitrogens with one attached hydrogen (secondary N) is 2. The SMILES string of the molecule is CC1(C)NC(=O)N(CC(=O)OC(C(=O)Nc2ccc(Cl)cc2C(F)(F)F)c2ccccc2)C1=O. The standard InChI is InChI=1S/C22H19ClF3N3O5/c1-21(2)19(32)29(20(33)28-21)11-16(30)34-17(12-6-4-3-5-7-12)18(31)27-15-9-8-13(23)10-14(15)22(24,25)26/h3-10,17H,11H2,1-2H3,(H,27,31)(H,28,33). The first kappa shape index (κ1) is 25.0. The van der Waals surface area contributed by atoms with Crippen LogP contribution in [-0.4, -0.2) is 40.8 Å². The zero-order valence-electron chi connectivity index (χ0n) is 17.9. The fourth-order valence-corrected chi connectivity index (χ4v) is 3.39. The number of carbonyl (C=O) groups excluding carboxylic acids is 4. The van der Waals surface area contributed by atoms with Crippen molar-refractivity contribution in [3.63, 3.8) is 0 Å². The second kappa shape index (κ2) is 9.34. The van der Waals surface area contributed by atoms with E-state index in [0.29, 0.717) is 11.0 Å². The molecule has 1 aliphatic heterocycles. The summed E-state index contributed by atoms with van der Waals surface area (Å²) < 4.78 is 45.4. The van der Waals surface area contributed by atoms with Crippen molar-refractivity contribution in [2.24, 2.45) is 0 Å². The minimum atomic E-state index is -4.82. The average molecular weight is 498 g/mol. The summed E-state index contributed by atoms with van der Waals surface area (Å²) in [5.74, 6) is -2.87. The van der Waals surface area contributed by atoms with E-state index in [4.69, 9.17) is 16.3 Å². The molecule has 2 aromatic carbocycles. The monoisotopic (exact) mass is 497 g/mol. The molecule has 3 rings (SSSR count). The molecule has 2 N–H and O–H groups in total. The topological polar surface area (TPSA) is 105 Å². The molecule has 1 unspecified atom stereocenters. The van der Waals surface area contributed by atoms with Gasteiger partial charge in [-0.05, 0) is 32.0 Å². The van der Waals surface area contributed by atoms with Gasteiger partial charge in [0.2, 0.25) is 6.10 Å². The molecule has 1 atom stereocenters. The minimum absolute atomic E-state index is 0.161. The van der Waals surface area contributed by atoms with Crippen molar-refractivity contribution in [2.75, 3.05) is 11.9 Å². The number of hydrogen-bond donors (Lipinski definition) is 2. The van der Waals surface area contributed by atoms with E-state index in [9.17, 15) is 32.3 Å². The molecule has 4 amide bonds. The molecule has 12 heteroatoms. The number of benzene rings is 2. The molecule has 1 saturated heterocycles. The largest absolute Gasteiger partial charge is 0.446 e. The van der Waals surface area contributed by atoms with Gasteiger partial charge in [-0.3, -0.25) is 19.3 Å². The maximum Gasteiger partial charge on any atom is 0.418 e. The van der Waals surface area contributed by atoms with Crippen LogP contribution in [0.15, 0.2) is 48.5 Å². The van der Waals surface area contributed by atoms with Crippen LogP contribution in [-0.2, 0) is 25.3 Å². The van der Waals surface area contributed by atoms with E-state index in [-0.39, 0.29) is 10.6 Å². The van der Waals surface area contributed by atoms with Gasteiger partial charge in [-0.1, -0.05) is 41.9 Å². The highest BCUT2D eigenvalue weighted by Crippen LogP contribution is 2.37. The molecule has 0 radical (unpaired) electrons. The van der Waals surface area contributed by atoms with Crippen molar-refractivity contribution >= 4 is 41.1 Å². The van der Waals surface area contributed by atoms with Crippen molar-refractivity contribution in [2.45, 2.75) is 31.7 Å². The maximum absolute atomic E-state index is 13.4. The lowest BCUT2D eigenvalue weighted by molar-refractivity contribution is -0.156. The number of ether oxygens (including phenoxy) is 1. The van der Waals surface area contributed by atoms with E-state index in [2.05, 4.69) is 10.6 Å². The van der Waals surface area contributed by atoms with E-state index in [1.54, 1.807) is 6.07 Å². The molecule has 0 aromatic heterocycles. The van der Waals surface area contributed by atoms with Gasteiger partial charge in [-0.25, -0.2) is 4.79 Å². The highest BCUT2D eigenvalue weighted by atomic mass is 35.5. The fraction of sp³-hybridized carbons (Fsp3) is 0.273. The molecule has 8 nitrogen and oxygen atoms in total. The lowest BCUT2D eigenvalue weighted by atomic mass is 10.1. The molecule has 0 spiro atoms. The van der Waals surface area contributed by atoms with Crippen LogP contribution in [0.5, 0.6) is 0 Å². The van der Waals surface area contributed by atoms with Gasteiger partial charge in [0.15, 0.2) is 0 Å². The zero-order valence-corrected chi connectivity index (χ0v) is 18.7. The molecule has 1 aliphatic rings. The molecule has 180 valence electrons. The van der Waals surface area contributed by atoms with Crippen LogP contribution in [0.4, 0.5) is 23.7 Å². The smallest absolute Gasteiger partial charge is 0.418 e. The van der Waals surface area contributed by atoms with Crippen molar-refractivity contribution in [1.29, 1.82) is 0 Å². The van der Waals surface area contributed by atoms with Crippen LogP contribution in [0, 0.1) is 0 Å². The van der Waals surface area contributed by atoms with E-state index in [1.165, 1.54) is 38.1 Å². The van der Waals surface area contributed by atoms with Crippen LogP contribution in [0.25, 0.3) is 0 Å². The third-order valence-corrected chi connectivity index (χ3v) is 5.10. The molecule has 0 bridgehead atoms. The third-order valence-electron chi connectivity index (χ3n) is 4.87. The Bertz CT molecular complexity index is 1140. The summed E-state index contributed by atoms with van der Waals surface area (Å²) in [6.45, 7) is 2.10. The van der Waals surface area contributed by atoms with Gasteiger partial charge in [-0.15, -0.1) is 0 Å². The highest BCUT2D eigenvalue weighted by Gasteiger charge is 2.45. The maximum atomic E-state index is 13.4. The number of amides is 4. The quantitative estimate of drug-likeness (QED) is 0.465. The van der Waals surface area contributed by atoms with Crippen LogP contribution >= 0.6 is 11.6 Å². The predicted octanol–water partition coefficient (Wildman–Crippen LogP) is 3.91. The number of rotatable bonds is 6. The zero-order chi connectivity index (χ0) is 25.3. The molecule has 0 aliphatic carbocycles. The summed E-state index contributed by atoms with van der Waals surface area (Å²) in [5.41, 5.74) is -2.84. The fourth-order valence-electron chi connectivity index (χ4n) is 3.22. The summed E-state index contributed by atoms with van der Waals surface area (Å²) in [4.78, 5) is 50.4. The van der Waals surface area contributed by atoms with Gasteiger partial charge in [0.25, 0.3) is 11.8 Å². The Morgan fingerprint density at radius 2 is 1.79 bits per heavy atom. The number of halogens is 4. The summed E-state index contributed by atoms with van der Waals surface area (Å²) in [6, 6.07) is 9.53. The third kappa shape index (κ3) is 5.48. The second-order valence-corrected chi connectivity index (χ2v) is 8.34. The van der Waals surface area contributed by atoms with Gasteiger partial charge in [-0.2, -0.15) is 13.2 Å². The predicted molar refractivity (Wildman–Crippen MR) is 115 cm³/mol. The van der Waals surface area contributed by atoms with E-state index < -0.39 is 59.4 Å². The van der Waals surface area contributed by atoms with Crippen molar-refractivity contribution < 1.29 is 37.1 Å². The Labute approximate surface area is 197 Å². The van der Waals surface area contributed by atoms with Crippen LogP contribution in [0.1, 0.15) is 31.1 Å². The van der Waals surface area contributed by atoms with Gasteiger partial charge in [0.05, 0.1) is 11.3 Å². The van der Waals surface area contributed by atoms with Crippen molar-refractivity contribution in [3.05, 3.63) is 64.7 Å². The van der Waals surface area contributed by atoms with Crippen LogP contribution in [0.3, 0.4) is 0 Å². The van der Waals surface area contributed by atoms with E-state index >= 15 is 0 Å². The first-order valence-electron chi connectivity index (χ1n) is 9.86. The summed E-state index contributed by atoms with van der Waals surface area (Å²) in [7, 11) is 0. The Hall–Kier alpha value is -3.60. The first-order valence-corrected chi connectivity index (χ1v) is 10.2. The summed E-state index contributed by atoms with van der Waals surface area (Å²) >= 11 is 5.66. The molecule has 2 aromatic rings. The van der Waals surface area contributed by atoms with E-state index in [0.717, 1.165) is 12.1 Å². The summed E-state index contributed by atoms with van der Waals surface area (Å²) in [6.07, 6.45) is -6.48. The molecule has 34 heavy (non-hydrogen) atoms. The minimum Gasteiger partial charge on any atom is -0.446 e. The Balaban J connectivity index is 1.84. The van der Waals surface area contributed by atoms with Gasteiger partial charge in [0.1, 0.15) is 12.1 Å². The number of esters is 1. The Kier molecular flexibility index (Phi) is 6.87. The lowest BCUT2D eigenvalue weighted by Gasteiger charge is -2.21. The van der Waals surface area contributed by atoms with Gasteiger partial charge < -0.3 is 15.4 Å². The normalized spacial score (nSPS) is 16.1. The van der Waals surface area contributed by atoms with E-state index in [1.807, 2.05) is 0 Å². The van der Waals surface area contributed by atoms with Crippen LogP contribution < -0.4 is 10.6 Å². The number of anilines is 1. The van der Waals surface area contributed by atoms with Crippen LogP contribution in [0.2, 0.25) is 5.02 Å². The Morgan fingerprint density at radius 3 is 2.35 bits per heavy atom. The van der Waals surface area contributed by atoms with Crippen molar-refractivity contribution in [1.82, 2.24) is 10.2 Å². The number of alkyl halides is 3. The number of carbonyl (C=O) groups is 4. The number of imide groups is 1. The second-order valence-electron chi connectivity index (χ2n) is 7.90. The van der Waals surface area contributed by atoms with Crippen molar-refractivity contribution in [3.8, 4) is 0 Å². The molecular formula is C22H19ClF3N3O5. The number of nitrogens with zero attached hydrogens (tertiary/aromatic N) is 1.